The molecule has 1 saturated heterocycles. The fraction of sp³-hybridized carbons (Fsp3) is 0.462. The molecule has 1 aliphatic rings. The van der Waals surface area contributed by atoms with Crippen LogP contribution in [0.2, 0.25) is 5.02 Å². The number of likely N-dealkylation sites (N-methyl/N-ethyl adjacent to an activating group) is 1. The minimum atomic E-state index is -0.203. The largest absolute Gasteiger partial charge is 0.448 e. The fourth-order valence-corrected chi connectivity index (χ4v) is 2.16. The van der Waals surface area contributed by atoms with Gasteiger partial charge in [-0.25, -0.2) is 4.79 Å². The summed E-state index contributed by atoms with van der Waals surface area (Å²) in [4.78, 5) is 15.2. The number of carbonyl (C=O) groups is 1. The van der Waals surface area contributed by atoms with Gasteiger partial charge in [0.15, 0.2) is 0 Å². The van der Waals surface area contributed by atoms with Crippen LogP contribution in [0.4, 0.5) is 4.79 Å². The number of amides is 1. The van der Waals surface area contributed by atoms with E-state index in [0.717, 1.165) is 18.1 Å². The van der Waals surface area contributed by atoms with Gasteiger partial charge in [0.05, 0.1) is 6.54 Å². The highest BCUT2D eigenvalue weighted by Gasteiger charge is 2.21. The van der Waals surface area contributed by atoms with Gasteiger partial charge in [0.2, 0.25) is 0 Å². The highest BCUT2D eigenvalue weighted by Crippen LogP contribution is 2.12. The first kappa shape index (κ1) is 13.2. The SMILES string of the molecule is CN(CCN1CCOC1=O)Cc1cccc(Cl)c1. The van der Waals surface area contributed by atoms with Gasteiger partial charge in [-0.15, -0.1) is 0 Å². The lowest BCUT2D eigenvalue weighted by Gasteiger charge is -2.20. The van der Waals surface area contributed by atoms with E-state index in [1.165, 1.54) is 5.56 Å². The molecule has 2 rings (SSSR count). The Hall–Kier alpha value is -1.26. The maximum atomic E-state index is 11.3. The van der Waals surface area contributed by atoms with Crippen LogP contribution in [0.1, 0.15) is 5.56 Å². The van der Waals surface area contributed by atoms with E-state index in [-0.39, 0.29) is 6.09 Å². The molecule has 1 heterocycles. The quantitative estimate of drug-likeness (QED) is 0.821. The zero-order valence-corrected chi connectivity index (χ0v) is 11.2. The highest BCUT2D eigenvalue weighted by atomic mass is 35.5. The van der Waals surface area contributed by atoms with E-state index >= 15 is 0 Å². The first-order valence-electron chi connectivity index (χ1n) is 6.00. The molecule has 0 N–H and O–H groups in total. The van der Waals surface area contributed by atoms with Gasteiger partial charge in [-0.1, -0.05) is 23.7 Å². The number of hydrogen-bond donors (Lipinski definition) is 0. The molecular formula is C13H17ClN2O2. The second kappa shape index (κ2) is 6.07. The molecule has 0 spiro atoms. The van der Waals surface area contributed by atoms with Crippen LogP contribution >= 0.6 is 11.6 Å². The molecule has 0 aromatic heterocycles. The van der Waals surface area contributed by atoms with Gasteiger partial charge >= 0.3 is 6.09 Å². The van der Waals surface area contributed by atoms with Crippen LogP contribution in [-0.4, -0.2) is 49.2 Å². The van der Waals surface area contributed by atoms with Crippen molar-refractivity contribution in [2.45, 2.75) is 6.54 Å². The third-order valence-corrected chi connectivity index (χ3v) is 3.17. The van der Waals surface area contributed by atoms with Gasteiger partial charge in [0.1, 0.15) is 6.61 Å². The fourth-order valence-electron chi connectivity index (χ4n) is 1.95. The number of nitrogens with zero attached hydrogens (tertiary/aromatic N) is 2. The highest BCUT2D eigenvalue weighted by molar-refractivity contribution is 6.30. The smallest absolute Gasteiger partial charge is 0.409 e. The normalized spacial score (nSPS) is 15.3. The molecule has 0 bridgehead atoms. The molecule has 0 atom stereocenters. The molecule has 0 radical (unpaired) electrons. The molecule has 0 aliphatic carbocycles. The lowest BCUT2D eigenvalue weighted by atomic mass is 10.2. The molecule has 4 nitrogen and oxygen atoms in total. The molecule has 1 aromatic carbocycles. The Morgan fingerprint density at radius 3 is 3.00 bits per heavy atom. The van der Waals surface area contributed by atoms with E-state index in [1.54, 1.807) is 4.90 Å². The van der Waals surface area contributed by atoms with Crippen molar-refractivity contribution in [1.82, 2.24) is 9.80 Å². The van der Waals surface area contributed by atoms with Gasteiger partial charge in [-0.05, 0) is 24.7 Å². The van der Waals surface area contributed by atoms with Crippen molar-refractivity contribution in [3.05, 3.63) is 34.9 Å². The average Bonchev–Trinajstić information content (AvgIpc) is 2.72. The van der Waals surface area contributed by atoms with E-state index < -0.39 is 0 Å². The first-order valence-corrected chi connectivity index (χ1v) is 6.37. The van der Waals surface area contributed by atoms with E-state index in [1.807, 2.05) is 31.3 Å². The zero-order chi connectivity index (χ0) is 13.0. The lowest BCUT2D eigenvalue weighted by Crippen LogP contribution is -2.33. The van der Waals surface area contributed by atoms with Gasteiger partial charge in [0.25, 0.3) is 0 Å². The number of cyclic esters (lactones) is 1. The average molecular weight is 269 g/mol. The number of rotatable bonds is 5. The monoisotopic (exact) mass is 268 g/mol. The molecule has 1 aromatic rings. The molecule has 1 aliphatic heterocycles. The van der Waals surface area contributed by atoms with Crippen LogP contribution in [0, 0.1) is 0 Å². The summed E-state index contributed by atoms with van der Waals surface area (Å²) in [5.41, 5.74) is 1.17. The Kier molecular flexibility index (Phi) is 4.44. The zero-order valence-electron chi connectivity index (χ0n) is 10.4. The van der Waals surface area contributed by atoms with Crippen LogP contribution in [-0.2, 0) is 11.3 Å². The van der Waals surface area contributed by atoms with Gasteiger partial charge < -0.3 is 14.5 Å². The predicted molar refractivity (Wildman–Crippen MR) is 70.7 cm³/mol. The minimum absolute atomic E-state index is 0.203. The van der Waals surface area contributed by atoms with E-state index in [9.17, 15) is 4.79 Å². The summed E-state index contributed by atoms with van der Waals surface area (Å²) in [6, 6.07) is 7.82. The molecule has 18 heavy (non-hydrogen) atoms. The second-order valence-corrected chi connectivity index (χ2v) is 4.91. The number of benzene rings is 1. The summed E-state index contributed by atoms with van der Waals surface area (Å²) in [6.07, 6.45) is -0.203. The first-order chi connectivity index (χ1) is 8.65. The summed E-state index contributed by atoms with van der Waals surface area (Å²) in [5.74, 6) is 0. The van der Waals surface area contributed by atoms with Crippen molar-refractivity contribution in [3.63, 3.8) is 0 Å². The number of halogens is 1. The second-order valence-electron chi connectivity index (χ2n) is 4.47. The maximum absolute atomic E-state index is 11.3. The van der Waals surface area contributed by atoms with Crippen molar-refractivity contribution >= 4 is 17.7 Å². The predicted octanol–water partition coefficient (Wildman–Crippen LogP) is 2.22. The number of hydrogen-bond acceptors (Lipinski definition) is 3. The van der Waals surface area contributed by atoms with Crippen molar-refractivity contribution in [1.29, 1.82) is 0 Å². The Labute approximate surface area is 112 Å². The van der Waals surface area contributed by atoms with E-state index in [0.29, 0.717) is 19.7 Å². The Bertz CT molecular complexity index is 425. The van der Waals surface area contributed by atoms with Gasteiger partial charge in [-0.2, -0.15) is 0 Å². The number of ether oxygens (including phenoxy) is 1. The van der Waals surface area contributed by atoms with E-state index in [4.69, 9.17) is 16.3 Å². The van der Waals surface area contributed by atoms with Crippen LogP contribution in [0.3, 0.4) is 0 Å². The van der Waals surface area contributed by atoms with Crippen LogP contribution < -0.4 is 0 Å². The molecular weight excluding hydrogens is 252 g/mol. The summed E-state index contributed by atoms with van der Waals surface area (Å²) in [6.45, 7) is 3.56. The minimum Gasteiger partial charge on any atom is -0.448 e. The topological polar surface area (TPSA) is 32.8 Å². The van der Waals surface area contributed by atoms with Gasteiger partial charge in [0, 0.05) is 24.7 Å². The third-order valence-electron chi connectivity index (χ3n) is 2.94. The summed E-state index contributed by atoms with van der Waals surface area (Å²) >= 11 is 5.94. The summed E-state index contributed by atoms with van der Waals surface area (Å²) < 4.78 is 4.88. The van der Waals surface area contributed by atoms with Crippen molar-refractivity contribution in [2.24, 2.45) is 0 Å². The lowest BCUT2D eigenvalue weighted by molar-refractivity contribution is 0.155. The van der Waals surface area contributed by atoms with Gasteiger partial charge in [-0.3, -0.25) is 0 Å². The molecule has 1 amide bonds. The standard InChI is InChI=1S/C13H17ClN2O2/c1-15(5-6-16-7-8-18-13(16)17)10-11-3-2-4-12(14)9-11/h2-4,9H,5-8,10H2,1H3. The molecule has 5 heteroatoms. The van der Waals surface area contributed by atoms with Crippen LogP contribution in [0.25, 0.3) is 0 Å². The molecule has 1 fully saturated rings. The van der Waals surface area contributed by atoms with Crippen LogP contribution in [0.5, 0.6) is 0 Å². The molecule has 0 saturated carbocycles. The van der Waals surface area contributed by atoms with E-state index in [2.05, 4.69) is 4.90 Å². The maximum Gasteiger partial charge on any atom is 0.409 e. The summed E-state index contributed by atoms with van der Waals surface area (Å²) in [7, 11) is 2.03. The van der Waals surface area contributed by atoms with Crippen LogP contribution in [0.15, 0.2) is 24.3 Å². The third kappa shape index (κ3) is 3.62. The Morgan fingerprint density at radius 1 is 1.50 bits per heavy atom. The Morgan fingerprint density at radius 2 is 2.33 bits per heavy atom. The Balaban J connectivity index is 1.78. The number of carbonyl (C=O) groups excluding carboxylic acids is 1. The van der Waals surface area contributed by atoms with Crippen molar-refractivity contribution in [3.8, 4) is 0 Å². The molecule has 98 valence electrons. The summed E-state index contributed by atoms with van der Waals surface area (Å²) in [5, 5.41) is 0.754. The van der Waals surface area contributed by atoms with Crippen molar-refractivity contribution < 1.29 is 9.53 Å². The van der Waals surface area contributed by atoms with Crippen molar-refractivity contribution in [2.75, 3.05) is 33.3 Å². The molecule has 0 unspecified atom stereocenters.